The third-order valence-corrected chi connectivity index (χ3v) is 5.91. The van der Waals surface area contributed by atoms with Gasteiger partial charge in [-0.15, -0.1) is 0 Å². The maximum Gasteiger partial charge on any atom is 0.0236 e. The predicted octanol–water partition coefficient (Wildman–Crippen LogP) is 4.47. The molecule has 2 heteroatoms. The number of benzene rings is 1. The second-order valence-electron chi connectivity index (χ2n) is 7.69. The molecular weight excluding hydrogens is 280 g/mol. The summed E-state index contributed by atoms with van der Waals surface area (Å²) >= 11 is 0. The Bertz CT molecular complexity index is 455. The molecule has 2 aliphatic heterocycles. The molecule has 0 spiro atoms. The molecule has 2 saturated heterocycles. The van der Waals surface area contributed by atoms with Gasteiger partial charge in [0.25, 0.3) is 0 Å². The molecule has 2 nitrogen and oxygen atoms in total. The highest BCUT2D eigenvalue weighted by Gasteiger charge is 2.20. The number of rotatable bonds is 5. The van der Waals surface area contributed by atoms with Crippen molar-refractivity contribution in [1.29, 1.82) is 0 Å². The van der Waals surface area contributed by atoms with Gasteiger partial charge in [0, 0.05) is 6.54 Å². The predicted molar refractivity (Wildman–Crippen MR) is 98.7 cm³/mol. The molecule has 0 aliphatic carbocycles. The van der Waals surface area contributed by atoms with E-state index in [1.165, 1.54) is 88.8 Å². The van der Waals surface area contributed by atoms with Crippen molar-refractivity contribution in [2.75, 3.05) is 32.7 Å². The SMILES string of the molecule is Cc1ccccc1CN1CCC(CCN2CCCCCC2)CC1. The number of hydrogen-bond donors (Lipinski definition) is 0. The zero-order valence-electron chi connectivity index (χ0n) is 15.0. The fourth-order valence-electron chi connectivity index (χ4n) is 4.19. The van der Waals surface area contributed by atoms with E-state index in [2.05, 4.69) is 41.0 Å². The summed E-state index contributed by atoms with van der Waals surface area (Å²) in [5, 5.41) is 0. The van der Waals surface area contributed by atoms with E-state index >= 15 is 0 Å². The number of piperidine rings is 1. The molecule has 0 radical (unpaired) electrons. The van der Waals surface area contributed by atoms with Crippen LogP contribution >= 0.6 is 0 Å². The molecule has 0 N–H and O–H groups in total. The number of aryl methyl sites for hydroxylation is 1. The minimum atomic E-state index is 0.964. The van der Waals surface area contributed by atoms with Gasteiger partial charge in [0.15, 0.2) is 0 Å². The van der Waals surface area contributed by atoms with Crippen LogP contribution in [0, 0.1) is 12.8 Å². The summed E-state index contributed by atoms with van der Waals surface area (Å²) in [7, 11) is 0. The van der Waals surface area contributed by atoms with E-state index in [1.54, 1.807) is 0 Å². The summed E-state index contributed by atoms with van der Waals surface area (Å²) in [6, 6.07) is 8.86. The third kappa shape index (κ3) is 5.32. The molecule has 2 fully saturated rings. The molecule has 2 aliphatic rings. The van der Waals surface area contributed by atoms with Crippen LogP contribution in [0.15, 0.2) is 24.3 Å². The maximum absolute atomic E-state index is 2.73. The average Bonchev–Trinajstić information content (AvgIpc) is 2.85. The van der Waals surface area contributed by atoms with Crippen LogP contribution in [-0.2, 0) is 6.54 Å². The molecule has 128 valence electrons. The van der Waals surface area contributed by atoms with E-state index < -0.39 is 0 Å². The van der Waals surface area contributed by atoms with E-state index in [4.69, 9.17) is 0 Å². The Morgan fingerprint density at radius 1 is 0.870 bits per heavy atom. The molecule has 3 rings (SSSR count). The summed E-state index contributed by atoms with van der Waals surface area (Å²) in [6.45, 7) is 10.0. The molecule has 1 aromatic rings. The molecule has 0 bridgehead atoms. The summed E-state index contributed by atoms with van der Waals surface area (Å²) in [4.78, 5) is 5.39. The number of hydrogen-bond acceptors (Lipinski definition) is 2. The highest BCUT2D eigenvalue weighted by Crippen LogP contribution is 2.23. The van der Waals surface area contributed by atoms with Crippen LogP contribution in [0.2, 0.25) is 0 Å². The summed E-state index contributed by atoms with van der Waals surface area (Å²) < 4.78 is 0. The first-order chi connectivity index (χ1) is 11.3. The maximum atomic E-state index is 2.73. The molecule has 0 aromatic heterocycles. The van der Waals surface area contributed by atoms with Crippen LogP contribution in [0.1, 0.15) is 56.1 Å². The molecule has 0 unspecified atom stereocenters. The normalized spacial score (nSPS) is 22.1. The minimum absolute atomic E-state index is 0.964. The first-order valence-electron chi connectivity index (χ1n) is 9.80. The Balaban J connectivity index is 1.37. The zero-order chi connectivity index (χ0) is 15.9. The lowest BCUT2D eigenvalue weighted by atomic mass is 9.93. The standard InChI is InChI=1S/C21H34N2/c1-19-8-4-5-9-21(19)18-23-16-11-20(12-17-23)10-15-22-13-6-2-3-7-14-22/h4-5,8-9,20H,2-3,6-7,10-18H2,1H3. The van der Waals surface area contributed by atoms with Gasteiger partial charge in [0.1, 0.15) is 0 Å². The largest absolute Gasteiger partial charge is 0.303 e. The van der Waals surface area contributed by atoms with E-state index in [-0.39, 0.29) is 0 Å². The van der Waals surface area contributed by atoms with Crippen LogP contribution in [0.5, 0.6) is 0 Å². The Labute approximate surface area is 142 Å². The van der Waals surface area contributed by atoms with Crippen LogP contribution < -0.4 is 0 Å². The van der Waals surface area contributed by atoms with Gasteiger partial charge in [-0.2, -0.15) is 0 Å². The van der Waals surface area contributed by atoms with Crippen LogP contribution in [0.3, 0.4) is 0 Å². The van der Waals surface area contributed by atoms with E-state index in [9.17, 15) is 0 Å². The molecule has 0 atom stereocenters. The monoisotopic (exact) mass is 314 g/mol. The van der Waals surface area contributed by atoms with Crippen LogP contribution in [0.4, 0.5) is 0 Å². The minimum Gasteiger partial charge on any atom is -0.303 e. The molecule has 23 heavy (non-hydrogen) atoms. The van der Waals surface area contributed by atoms with E-state index in [0.717, 1.165) is 12.5 Å². The summed E-state index contributed by atoms with van der Waals surface area (Å²) in [5.74, 6) is 0.964. The summed E-state index contributed by atoms with van der Waals surface area (Å²) in [5.41, 5.74) is 2.95. The number of likely N-dealkylation sites (tertiary alicyclic amines) is 2. The van der Waals surface area contributed by atoms with Gasteiger partial charge in [-0.3, -0.25) is 4.90 Å². The first-order valence-corrected chi connectivity index (χ1v) is 9.80. The second-order valence-corrected chi connectivity index (χ2v) is 7.69. The van der Waals surface area contributed by atoms with Crippen molar-refractivity contribution in [3.8, 4) is 0 Å². The van der Waals surface area contributed by atoms with E-state index in [0.29, 0.717) is 0 Å². The molecule has 0 amide bonds. The van der Waals surface area contributed by atoms with Crippen LogP contribution in [0.25, 0.3) is 0 Å². The van der Waals surface area contributed by atoms with Gasteiger partial charge in [-0.25, -0.2) is 0 Å². The Hall–Kier alpha value is -0.860. The lowest BCUT2D eigenvalue weighted by molar-refractivity contribution is 0.158. The van der Waals surface area contributed by atoms with Gasteiger partial charge in [0.2, 0.25) is 0 Å². The second kappa shape index (κ2) is 8.84. The lowest BCUT2D eigenvalue weighted by Gasteiger charge is -2.33. The van der Waals surface area contributed by atoms with Crippen molar-refractivity contribution < 1.29 is 0 Å². The van der Waals surface area contributed by atoms with Gasteiger partial charge in [-0.1, -0.05) is 37.1 Å². The van der Waals surface area contributed by atoms with Crippen LogP contribution in [-0.4, -0.2) is 42.5 Å². The third-order valence-electron chi connectivity index (χ3n) is 5.91. The molecule has 0 saturated carbocycles. The number of nitrogens with zero attached hydrogens (tertiary/aromatic N) is 2. The average molecular weight is 315 g/mol. The highest BCUT2D eigenvalue weighted by atomic mass is 15.1. The Morgan fingerprint density at radius 2 is 1.57 bits per heavy atom. The van der Waals surface area contributed by atoms with Crippen molar-refractivity contribution >= 4 is 0 Å². The van der Waals surface area contributed by atoms with Crippen molar-refractivity contribution in [2.24, 2.45) is 5.92 Å². The Morgan fingerprint density at radius 3 is 2.26 bits per heavy atom. The lowest BCUT2D eigenvalue weighted by Crippen LogP contribution is -2.35. The smallest absolute Gasteiger partial charge is 0.0236 e. The zero-order valence-corrected chi connectivity index (χ0v) is 15.0. The summed E-state index contributed by atoms with van der Waals surface area (Å²) in [6.07, 6.45) is 9.99. The van der Waals surface area contributed by atoms with Crippen molar-refractivity contribution in [3.05, 3.63) is 35.4 Å². The fourth-order valence-corrected chi connectivity index (χ4v) is 4.19. The van der Waals surface area contributed by atoms with Gasteiger partial charge >= 0.3 is 0 Å². The van der Waals surface area contributed by atoms with Crippen molar-refractivity contribution in [3.63, 3.8) is 0 Å². The fraction of sp³-hybridized carbons (Fsp3) is 0.714. The molecule has 2 heterocycles. The van der Waals surface area contributed by atoms with E-state index in [1.807, 2.05) is 0 Å². The van der Waals surface area contributed by atoms with Gasteiger partial charge in [0.05, 0.1) is 0 Å². The topological polar surface area (TPSA) is 6.48 Å². The van der Waals surface area contributed by atoms with Gasteiger partial charge in [-0.05, 0) is 88.8 Å². The highest BCUT2D eigenvalue weighted by molar-refractivity contribution is 5.25. The Kier molecular flexibility index (Phi) is 6.53. The first kappa shape index (κ1) is 17.0. The molecular formula is C21H34N2. The van der Waals surface area contributed by atoms with Gasteiger partial charge < -0.3 is 4.90 Å². The quantitative estimate of drug-likeness (QED) is 0.791. The van der Waals surface area contributed by atoms with Crippen molar-refractivity contribution in [2.45, 2.75) is 58.4 Å². The molecule has 1 aromatic carbocycles. The van der Waals surface area contributed by atoms with Crippen molar-refractivity contribution in [1.82, 2.24) is 9.80 Å².